The van der Waals surface area contributed by atoms with Gasteiger partial charge >= 0.3 is 5.97 Å². The molecule has 0 radical (unpaired) electrons. The molecule has 0 unspecified atom stereocenters. The molecule has 0 fully saturated rings. The third kappa shape index (κ3) is 3.03. The fourth-order valence-corrected chi connectivity index (χ4v) is 2.50. The Labute approximate surface area is 138 Å². The average Bonchev–Trinajstić information content (AvgIpc) is 2.58. The highest BCUT2D eigenvalue weighted by Crippen LogP contribution is 2.13. The van der Waals surface area contributed by atoms with Gasteiger partial charge < -0.3 is 9.30 Å². The number of rotatable bonds is 4. The zero-order valence-corrected chi connectivity index (χ0v) is 13.5. The number of fused-ring (bicyclic) bond motifs is 1. The predicted octanol–water partition coefficient (Wildman–Crippen LogP) is 2.32. The summed E-state index contributed by atoms with van der Waals surface area (Å²) >= 11 is 0. The number of aryl methyl sites for hydroxylation is 1. The Kier molecular flexibility index (Phi) is 4.37. The highest BCUT2D eigenvalue weighted by molar-refractivity contribution is 5.93. The van der Waals surface area contributed by atoms with Gasteiger partial charge in [-0.15, -0.1) is 0 Å². The van der Waals surface area contributed by atoms with E-state index in [-0.39, 0.29) is 17.6 Å². The molecule has 3 heterocycles. The van der Waals surface area contributed by atoms with E-state index in [0.717, 1.165) is 11.4 Å². The number of nitrogens with zero attached hydrogens (tertiary/aromatic N) is 3. The lowest BCUT2D eigenvalue weighted by atomic mass is 10.1. The molecule has 3 aromatic rings. The van der Waals surface area contributed by atoms with E-state index in [1.54, 1.807) is 29.8 Å². The Morgan fingerprint density at radius 1 is 1.25 bits per heavy atom. The second-order valence-corrected chi connectivity index (χ2v) is 5.37. The summed E-state index contributed by atoms with van der Waals surface area (Å²) in [4.78, 5) is 33.5. The fraction of sp³-hybridized carbons (Fsp3) is 0.222. The van der Waals surface area contributed by atoms with Crippen molar-refractivity contribution in [3.05, 3.63) is 69.9 Å². The minimum atomic E-state index is -0.625. The van der Waals surface area contributed by atoms with E-state index in [1.165, 1.54) is 6.20 Å². The second-order valence-electron chi connectivity index (χ2n) is 5.37. The summed E-state index contributed by atoms with van der Waals surface area (Å²) in [5, 5.41) is 0.391. The molecule has 0 saturated carbocycles. The maximum absolute atomic E-state index is 12.6. The summed E-state index contributed by atoms with van der Waals surface area (Å²) in [7, 11) is 0. The molecule has 3 aromatic heterocycles. The van der Waals surface area contributed by atoms with E-state index in [4.69, 9.17) is 4.74 Å². The van der Waals surface area contributed by atoms with Crippen molar-refractivity contribution in [2.24, 2.45) is 0 Å². The molecule has 24 heavy (non-hydrogen) atoms. The summed E-state index contributed by atoms with van der Waals surface area (Å²) in [6.45, 7) is 4.17. The van der Waals surface area contributed by atoms with Gasteiger partial charge in [-0.05, 0) is 38.1 Å². The number of esters is 1. The summed E-state index contributed by atoms with van der Waals surface area (Å²) < 4.78 is 6.76. The number of aromatic nitrogens is 3. The molecule has 0 spiro atoms. The quantitative estimate of drug-likeness (QED) is 0.689. The van der Waals surface area contributed by atoms with Crippen LogP contribution < -0.4 is 5.43 Å². The van der Waals surface area contributed by atoms with Crippen molar-refractivity contribution in [3.63, 3.8) is 0 Å². The largest absolute Gasteiger partial charge is 0.462 e. The molecule has 0 bridgehead atoms. The lowest BCUT2D eigenvalue weighted by molar-refractivity contribution is 0.0524. The van der Waals surface area contributed by atoms with Crippen LogP contribution >= 0.6 is 0 Å². The molecule has 3 rings (SSSR count). The van der Waals surface area contributed by atoms with E-state index >= 15 is 0 Å². The number of hydrogen-bond donors (Lipinski definition) is 0. The van der Waals surface area contributed by atoms with Crippen LogP contribution in [0, 0.1) is 6.92 Å². The maximum atomic E-state index is 12.6. The van der Waals surface area contributed by atoms with Crippen LogP contribution in [0.1, 0.15) is 28.7 Å². The summed E-state index contributed by atoms with van der Waals surface area (Å²) in [6.07, 6.45) is 3.20. The molecule has 0 atom stereocenters. The number of pyridine rings is 3. The standard InChI is InChI=1S/C18H17N3O3/c1-3-24-18(23)15-11-21(10-13-6-4-5-9-19-13)17-14(16(15)22)8-7-12(2)20-17/h4-9,11H,3,10H2,1-2H3. The molecule has 0 aliphatic carbocycles. The zero-order chi connectivity index (χ0) is 17.1. The van der Waals surface area contributed by atoms with Crippen LogP contribution in [0.3, 0.4) is 0 Å². The van der Waals surface area contributed by atoms with Crippen molar-refractivity contribution in [1.29, 1.82) is 0 Å². The molecule has 122 valence electrons. The van der Waals surface area contributed by atoms with Gasteiger partial charge in [0, 0.05) is 18.1 Å². The molecule has 0 saturated heterocycles. The lowest BCUT2D eigenvalue weighted by Gasteiger charge is -2.12. The van der Waals surface area contributed by atoms with Crippen LogP contribution in [0.2, 0.25) is 0 Å². The van der Waals surface area contributed by atoms with Crippen molar-refractivity contribution in [1.82, 2.24) is 14.5 Å². The van der Waals surface area contributed by atoms with Crippen LogP contribution in [0.5, 0.6) is 0 Å². The topological polar surface area (TPSA) is 74.1 Å². The van der Waals surface area contributed by atoms with Gasteiger partial charge in [0.15, 0.2) is 0 Å². The van der Waals surface area contributed by atoms with Crippen molar-refractivity contribution in [3.8, 4) is 0 Å². The van der Waals surface area contributed by atoms with Gasteiger partial charge in [0.2, 0.25) is 5.43 Å². The maximum Gasteiger partial charge on any atom is 0.343 e. The second kappa shape index (κ2) is 6.62. The molecule has 6 heteroatoms. The van der Waals surface area contributed by atoms with Crippen LogP contribution in [-0.4, -0.2) is 27.1 Å². The van der Waals surface area contributed by atoms with Crippen molar-refractivity contribution in [2.45, 2.75) is 20.4 Å². The first kappa shape index (κ1) is 15.9. The number of carbonyl (C=O) groups excluding carboxylic acids is 1. The molecule has 0 aliphatic rings. The van der Waals surface area contributed by atoms with Gasteiger partial charge in [-0.1, -0.05) is 6.07 Å². The molecular weight excluding hydrogens is 306 g/mol. The van der Waals surface area contributed by atoms with Gasteiger partial charge in [-0.25, -0.2) is 9.78 Å². The Balaban J connectivity index is 2.21. The van der Waals surface area contributed by atoms with Crippen molar-refractivity contribution in [2.75, 3.05) is 6.61 Å². The van der Waals surface area contributed by atoms with E-state index in [2.05, 4.69) is 9.97 Å². The predicted molar refractivity (Wildman–Crippen MR) is 90.0 cm³/mol. The molecule has 0 aliphatic heterocycles. The zero-order valence-electron chi connectivity index (χ0n) is 13.5. The number of carbonyl (C=O) groups is 1. The molecule has 0 N–H and O–H groups in total. The summed E-state index contributed by atoms with van der Waals surface area (Å²) in [5.41, 5.74) is 1.76. The Bertz CT molecular complexity index is 949. The Morgan fingerprint density at radius 3 is 2.79 bits per heavy atom. The lowest BCUT2D eigenvalue weighted by Crippen LogP contribution is -2.22. The SMILES string of the molecule is CCOC(=O)c1cn(Cc2ccccn2)c2nc(C)ccc2c1=O. The third-order valence-electron chi connectivity index (χ3n) is 3.61. The number of hydrogen-bond acceptors (Lipinski definition) is 5. The van der Waals surface area contributed by atoms with Gasteiger partial charge in [-0.2, -0.15) is 0 Å². The fourth-order valence-electron chi connectivity index (χ4n) is 2.50. The first-order valence-corrected chi connectivity index (χ1v) is 7.68. The average molecular weight is 323 g/mol. The Hall–Kier alpha value is -3.02. The third-order valence-corrected chi connectivity index (χ3v) is 3.61. The summed E-state index contributed by atoms with van der Waals surface area (Å²) in [5.74, 6) is -0.625. The smallest absolute Gasteiger partial charge is 0.343 e. The number of ether oxygens (including phenoxy) is 1. The van der Waals surface area contributed by atoms with E-state index in [1.807, 2.05) is 25.1 Å². The van der Waals surface area contributed by atoms with Gasteiger partial charge in [-0.3, -0.25) is 9.78 Å². The summed E-state index contributed by atoms with van der Waals surface area (Å²) in [6, 6.07) is 9.04. The van der Waals surface area contributed by atoms with E-state index in [0.29, 0.717) is 17.6 Å². The Morgan fingerprint density at radius 2 is 2.08 bits per heavy atom. The van der Waals surface area contributed by atoms with Crippen LogP contribution in [0.25, 0.3) is 11.0 Å². The first-order chi connectivity index (χ1) is 11.6. The van der Waals surface area contributed by atoms with Crippen LogP contribution in [0.15, 0.2) is 47.5 Å². The monoisotopic (exact) mass is 323 g/mol. The molecular formula is C18H17N3O3. The van der Waals surface area contributed by atoms with E-state index in [9.17, 15) is 9.59 Å². The van der Waals surface area contributed by atoms with Crippen molar-refractivity contribution < 1.29 is 9.53 Å². The molecule has 6 nitrogen and oxygen atoms in total. The van der Waals surface area contributed by atoms with Crippen LogP contribution in [-0.2, 0) is 11.3 Å². The van der Waals surface area contributed by atoms with E-state index < -0.39 is 5.97 Å². The molecule has 0 aromatic carbocycles. The highest BCUT2D eigenvalue weighted by atomic mass is 16.5. The van der Waals surface area contributed by atoms with Gasteiger partial charge in [0.05, 0.1) is 24.2 Å². The van der Waals surface area contributed by atoms with Crippen LogP contribution in [0.4, 0.5) is 0 Å². The molecule has 0 amide bonds. The van der Waals surface area contributed by atoms with Gasteiger partial charge in [0.25, 0.3) is 0 Å². The first-order valence-electron chi connectivity index (χ1n) is 7.68. The minimum absolute atomic E-state index is 0.00549. The normalized spacial score (nSPS) is 10.8. The highest BCUT2D eigenvalue weighted by Gasteiger charge is 2.17. The van der Waals surface area contributed by atoms with Gasteiger partial charge in [0.1, 0.15) is 11.2 Å². The van der Waals surface area contributed by atoms with Crippen molar-refractivity contribution >= 4 is 17.0 Å². The minimum Gasteiger partial charge on any atom is -0.462 e.